The van der Waals surface area contributed by atoms with E-state index in [1.807, 2.05) is 13.8 Å². The molecule has 0 radical (unpaired) electrons. The molecule has 1 aliphatic rings. The van der Waals surface area contributed by atoms with E-state index in [-0.39, 0.29) is 0 Å². The minimum Gasteiger partial charge on any atom is -0.379 e. The van der Waals surface area contributed by atoms with Gasteiger partial charge in [-0.15, -0.1) is 0 Å². The van der Waals surface area contributed by atoms with Gasteiger partial charge in [0.25, 0.3) is 0 Å². The van der Waals surface area contributed by atoms with Crippen molar-refractivity contribution in [2.75, 3.05) is 20.2 Å². The quantitative estimate of drug-likeness (QED) is 0.544. The summed E-state index contributed by atoms with van der Waals surface area (Å²) >= 11 is 0. The normalized spacial score (nSPS) is 18.4. The molecule has 0 unspecified atom stereocenters. The Hall–Kier alpha value is -0.0800. The van der Waals surface area contributed by atoms with Gasteiger partial charge in [-0.25, -0.2) is 0 Å². The molecule has 2 heteroatoms. The van der Waals surface area contributed by atoms with Gasteiger partial charge in [-0.2, -0.15) is 0 Å². The molecule has 1 N–H and O–H groups in total. The SMILES string of the molecule is CC.COC1CNC1. The van der Waals surface area contributed by atoms with Crippen molar-refractivity contribution in [2.24, 2.45) is 0 Å². The fourth-order valence-electron chi connectivity index (χ4n) is 0.429. The molecule has 0 spiro atoms. The number of nitrogens with one attached hydrogen (secondary N) is 1. The monoisotopic (exact) mass is 117 g/mol. The van der Waals surface area contributed by atoms with Crippen LogP contribution in [0.4, 0.5) is 0 Å². The van der Waals surface area contributed by atoms with Gasteiger partial charge in [-0.05, 0) is 0 Å². The van der Waals surface area contributed by atoms with Crippen molar-refractivity contribution in [3.63, 3.8) is 0 Å². The fourth-order valence-corrected chi connectivity index (χ4v) is 0.429. The summed E-state index contributed by atoms with van der Waals surface area (Å²) in [6, 6.07) is 0. The Morgan fingerprint density at radius 3 is 1.88 bits per heavy atom. The molecule has 50 valence electrons. The van der Waals surface area contributed by atoms with Gasteiger partial charge in [0.05, 0.1) is 6.10 Å². The molecule has 0 aromatic heterocycles. The second kappa shape index (κ2) is 5.06. The van der Waals surface area contributed by atoms with Crippen LogP contribution in [0.5, 0.6) is 0 Å². The first-order chi connectivity index (χ1) is 3.93. The van der Waals surface area contributed by atoms with E-state index in [0.717, 1.165) is 13.1 Å². The number of rotatable bonds is 1. The van der Waals surface area contributed by atoms with Gasteiger partial charge >= 0.3 is 0 Å². The van der Waals surface area contributed by atoms with Crippen molar-refractivity contribution in [1.29, 1.82) is 0 Å². The van der Waals surface area contributed by atoms with E-state index in [0.29, 0.717) is 6.10 Å². The molecule has 8 heavy (non-hydrogen) atoms. The van der Waals surface area contributed by atoms with Crippen LogP contribution in [0.1, 0.15) is 13.8 Å². The van der Waals surface area contributed by atoms with Crippen molar-refractivity contribution in [2.45, 2.75) is 20.0 Å². The summed E-state index contributed by atoms with van der Waals surface area (Å²) in [5, 5.41) is 3.09. The van der Waals surface area contributed by atoms with Gasteiger partial charge in [-0.3, -0.25) is 0 Å². The van der Waals surface area contributed by atoms with Crippen molar-refractivity contribution < 1.29 is 4.74 Å². The maximum absolute atomic E-state index is 4.92. The lowest BCUT2D eigenvalue weighted by atomic mass is 10.2. The number of ether oxygens (including phenoxy) is 1. The smallest absolute Gasteiger partial charge is 0.0819 e. The molecule has 0 amide bonds. The van der Waals surface area contributed by atoms with Crippen molar-refractivity contribution >= 4 is 0 Å². The molecular weight excluding hydrogens is 102 g/mol. The summed E-state index contributed by atoms with van der Waals surface area (Å²) in [4.78, 5) is 0. The van der Waals surface area contributed by atoms with E-state index in [2.05, 4.69) is 5.32 Å². The lowest BCUT2D eigenvalue weighted by Gasteiger charge is -2.24. The summed E-state index contributed by atoms with van der Waals surface area (Å²) in [6.45, 7) is 6.08. The van der Waals surface area contributed by atoms with Gasteiger partial charge < -0.3 is 10.1 Å². The van der Waals surface area contributed by atoms with Gasteiger partial charge in [0.1, 0.15) is 0 Å². The Balaban J connectivity index is 0.000000222. The zero-order chi connectivity index (χ0) is 6.41. The van der Waals surface area contributed by atoms with E-state index in [1.165, 1.54) is 0 Å². The summed E-state index contributed by atoms with van der Waals surface area (Å²) in [6.07, 6.45) is 0.505. The van der Waals surface area contributed by atoms with Crippen LogP contribution >= 0.6 is 0 Å². The van der Waals surface area contributed by atoms with E-state index >= 15 is 0 Å². The molecule has 2 nitrogen and oxygen atoms in total. The van der Waals surface area contributed by atoms with Crippen molar-refractivity contribution in [1.82, 2.24) is 5.32 Å². The van der Waals surface area contributed by atoms with Gasteiger partial charge in [0, 0.05) is 20.2 Å². The Labute approximate surface area is 51.2 Å². The summed E-state index contributed by atoms with van der Waals surface area (Å²) in [5.41, 5.74) is 0. The highest BCUT2D eigenvalue weighted by Crippen LogP contribution is 1.92. The number of methoxy groups -OCH3 is 1. The standard InChI is InChI=1S/C4H9NO.C2H6/c1-6-4-2-5-3-4;1-2/h4-5H,2-3H2,1H3;1-2H3. The molecular formula is C6H15NO. The van der Waals surface area contributed by atoms with E-state index in [9.17, 15) is 0 Å². The van der Waals surface area contributed by atoms with Crippen LogP contribution in [0.3, 0.4) is 0 Å². The van der Waals surface area contributed by atoms with Crippen LogP contribution in [-0.4, -0.2) is 26.3 Å². The van der Waals surface area contributed by atoms with Crippen LogP contribution < -0.4 is 5.32 Å². The highest BCUT2D eigenvalue weighted by atomic mass is 16.5. The third-order valence-electron chi connectivity index (χ3n) is 1.08. The average Bonchev–Trinajstić information content (AvgIpc) is 1.69. The maximum atomic E-state index is 4.92. The van der Waals surface area contributed by atoms with Crippen molar-refractivity contribution in [3.05, 3.63) is 0 Å². The van der Waals surface area contributed by atoms with Crippen LogP contribution in [0.25, 0.3) is 0 Å². The van der Waals surface area contributed by atoms with E-state index in [4.69, 9.17) is 4.74 Å². The van der Waals surface area contributed by atoms with Gasteiger partial charge in [0.2, 0.25) is 0 Å². The van der Waals surface area contributed by atoms with Crippen LogP contribution in [0.2, 0.25) is 0 Å². The zero-order valence-corrected chi connectivity index (χ0v) is 5.90. The number of hydrogen-bond donors (Lipinski definition) is 1. The van der Waals surface area contributed by atoms with Crippen molar-refractivity contribution in [3.8, 4) is 0 Å². The maximum Gasteiger partial charge on any atom is 0.0819 e. The molecule has 0 aromatic carbocycles. The second-order valence-corrected chi connectivity index (χ2v) is 1.52. The molecule has 1 saturated heterocycles. The highest BCUT2D eigenvalue weighted by molar-refractivity contribution is 4.73. The predicted molar refractivity (Wildman–Crippen MR) is 35.0 cm³/mol. The van der Waals surface area contributed by atoms with Gasteiger partial charge in [0.15, 0.2) is 0 Å². The first-order valence-corrected chi connectivity index (χ1v) is 3.17. The van der Waals surface area contributed by atoms with Gasteiger partial charge in [-0.1, -0.05) is 13.8 Å². The summed E-state index contributed by atoms with van der Waals surface area (Å²) < 4.78 is 4.92. The Morgan fingerprint density at radius 1 is 1.38 bits per heavy atom. The summed E-state index contributed by atoms with van der Waals surface area (Å²) in [5.74, 6) is 0. The molecule has 1 aliphatic heterocycles. The number of hydrogen-bond acceptors (Lipinski definition) is 2. The topological polar surface area (TPSA) is 21.3 Å². The molecule has 1 rings (SSSR count). The lowest BCUT2D eigenvalue weighted by molar-refractivity contribution is 0.0600. The lowest BCUT2D eigenvalue weighted by Crippen LogP contribution is -2.47. The van der Waals surface area contributed by atoms with Crippen LogP contribution in [-0.2, 0) is 4.74 Å². The molecule has 0 bridgehead atoms. The first-order valence-electron chi connectivity index (χ1n) is 3.17. The highest BCUT2D eigenvalue weighted by Gasteiger charge is 2.13. The molecule has 0 aliphatic carbocycles. The largest absolute Gasteiger partial charge is 0.379 e. The van der Waals surface area contributed by atoms with E-state index < -0.39 is 0 Å². The molecule has 0 atom stereocenters. The summed E-state index contributed by atoms with van der Waals surface area (Å²) in [7, 11) is 1.74. The Bertz CT molecular complexity index is 41.0. The third kappa shape index (κ3) is 2.28. The minimum absolute atomic E-state index is 0.505. The zero-order valence-electron chi connectivity index (χ0n) is 5.90. The average molecular weight is 117 g/mol. The minimum atomic E-state index is 0.505. The molecule has 1 fully saturated rings. The second-order valence-electron chi connectivity index (χ2n) is 1.52. The molecule has 1 heterocycles. The molecule has 0 saturated carbocycles. The first kappa shape index (κ1) is 7.92. The predicted octanol–water partition coefficient (Wildman–Crippen LogP) is 0.631. The van der Waals surface area contributed by atoms with Crippen LogP contribution in [0, 0.1) is 0 Å². The molecule has 0 aromatic rings. The fraction of sp³-hybridized carbons (Fsp3) is 1.00. The Morgan fingerprint density at radius 2 is 1.88 bits per heavy atom. The third-order valence-corrected chi connectivity index (χ3v) is 1.08. The van der Waals surface area contributed by atoms with E-state index in [1.54, 1.807) is 7.11 Å². The van der Waals surface area contributed by atoms with Crippen LogP contribution in [0.15, 0.2) is 0 Å². The Kier molecular flexibility index (Phi) is 5.01.